The molecule has 0 saturated heterocycles. The zero-order valence-electron chi connectivity index (χ0n) is 7.85. The molecule has 0 fully saturated rings. The Morgan fingerprint density at radius 3 is 2.36 bits per heavy atom. The van der Waals surface area contributed by atoms with Gasteiger partial charge in [0.25, 0.3) is 0 Å². The van der Waals surface area contributed by atoms with E-state index in [0.717, 1.165) is 12.0 Å². The van der Waals surface area contributed by atoms with Crippen LogP contribution >= 0.6 is 0 Å². The summed E-state index contributed by atoms with van der Waals surface area (Å²) in [6, 6.07) is 0.164. The normalized spacial score (nSPS) is 12.4. The van der Waals surface area contributed by atoms with Crippen LogP contribution in [0.2, 0.25) is 0 Å². The summed E-state index contributed by atoms with van der Waals surface area (Å²) in [4.78, 5) is 12.6. The second kappa shape index (κ2) is 4.16. The molecule has 2 nitrogen and oxygen atoms in total. The fourth-order valence-electron chi connectivity index (χ4n) is 0.842. The predicted octanol–water partition coefficient (Wildman–Crippen LogP) is 1.82. The SMILES string of the molecule is C=C(CC)C(C)N(C)C(C)=O. The molecule has 0 aliphatic carbocycles. The summed E-state index contributed by atoms with van der Waals surface area (Å²) in [6.07, 6.45) is 0.929. The summed E-state index contributed by atoms with van der Waals surface area (Å²) in [6.45, 7) is 9.49. The molecule has 11 heavy (non-hydrogen) atoms. The van der Waals surface area contributed by atoms with Gasteiger partial charge in [-0.25, -0.2) is 0 Å². The van der Waals surface area contributed by atoms with Crippen LogP contribution in [-0.2, 0) is 4.79 Å². The molecule has 0 heterocycles. The molecule has 0 radical (unpaired) electrons. The lowest BCUT2D eigenvalue weighted by Gasteiger charge is -2.24. The largest absolute Gasteiger partial charge is 0.340 e. The van der Waals surface area contributed by atoms with Crippen LogP contribution in [0, 0.1) is 0 Å². The molecule has 0 rings (SSSR count). The van der Waals surface area contributed by atoms with Crippen LogP contribution in [0.5, 0.6) is 0 Å². The molecule has 64 valence electrons. The summed E-state index contributed by atoms with van der Waals surface area (Å²) in [5.74, 6) is 0.0899. The molecule has 0 aromatic carbocycles. The summed E-state index contributed by atoms with van der Waals surface area (Å²) >= 11 is 0. The molecule has 2 heteroatoms. The van der Waals surface area contributed by atoms with Crippen LogP contribution < -0.4 is 0 Å². The van der Waals surface area contributed by atoms with Crippen molar-refractivity contribution in [2.45, 2.75) is 33.2 Å². The van der Waals surface area contributed by atoms with Gasteiger partial charge in [-0.2, -0.15) is 0 Å². The van der Waals surface area contributed by atoms with Crippen molar-refractivity contribution in [3.8, 4) is 0 Å². The second-order valence-electron chi connectivity index (χ2n) is 2.82. The Morgan fingerprint density at radius 2 is 2.09 bits per heavy atom. The molecule has 0 spiro atoms. The minimum absolute atomic E-state index is 0.0899. The van der Waals surface area contributed by atoms with Gasteiger partial charge in [0.1, 0.15) is 0 Å². The van der Waals surface area contributed by atoms with Gasteiger partial charge in [-0.1, -0.05) is 19.1 Å². The van der Waals surface area contributed by atoms with E-state index in [1.54, 1.807) is 18.9 Å². The van der Waals surface area contributed by atoms with Crippen LogP contribution in [0.25, 0.3) is 0 Å². The Kier molecular flexibility index (Phi) is 3.86. The number of carbonyl (C=O) groups is 1. The first-order valence-electron chi connectivity index (χ1n) is 3.91. The Hall–Kier alpha value is -0.790. The summed E-state index contributed by atoms with van der Waals surface area (Å²) < 4.78 is 0. The molecule has 1 unspecified atom stereocenters. The number of carbonyl (C=O) groups excluding carboxylic acids is 1. The van der Waals surface area contributed by atoms with E-state index in [1.807, 2.05) is 13.8 Å². The average molecular weight is 155 g/mol. The molecule has 0 N–H and O–H groups in total. The summed E-state index contributed by atoms with van der Waals surface area (Å²) in [5, 5.41) is 0. The van der Waals surface area contributed by atoms with Gasteiger partial charge in [-0.3, -0.25) is 4.79 Å². The maximum Gasteiger partial charge on any atom is 0.219 e. The van der Waals surface area contributed by atoms with Crippen molar-refractivity contribution < 1.29 is 4.79 Å². The molecule has 1 atom stereocenters. The van der Waals surface area contributed by atoms with Crippen molar-refractivity contribution in [1.82, 2.24) is 4.90 Å². The van der Waals surface area contributed by atoms with Crippen LogP contribution in [0.15, 0.2) is 12.2 Å². The van der Waals surface area contributed by atoms with Gasteiger partial charge in [-0.15, -0.1) is 0 Å². The van der Waals surface area contributed by atoms with Gasteiger partial charge in [0, 0.05) is 20.0 Å². The molecular formula is C9H17NO. The highest BCUT2D eigenvalue weighted by atomic mass is 16.2. The minimum Gasteiger partial charge on any atom is -0.340 e. The summed E-state index contributed by atoms with van der Waals surface area (Å²) in [7, 11) is 1.80. The standard InChI is InChI=1S/C9H17NO/c1-6-7(2)8(3)10(5)9(4)11/h8H,2,6H2,1,3-5H3. The van der Waals surface area contributed by atoms with E-state index >= 15 is 0 Å². The molecule has 0 aliphatic heterocycles. The number of hydrogen-bond acceptors (Lipinski definition) is 1. The van der Waals surface area contributed by atoms with E-state index in [2.05, 4.69) is 6.58 Å². The maximum absolute atomic E-state index is 10.9. The Bertz CT molecular complexity index is 163. The van der Waals surface area contributed by atoms with Gasteiger partial charge >= 0.3 is 0 Å². The maximum atomic E-state index is 10.9. The molecule has 0 aromatic heterocycles. The first-order valence-corrected chi connectivity index (χ1v) is 3.91. The Labute approximate surface area is 68.9 Å². The van der Waals surface area contributed by atoms with Gasteiger partial charge < -0.3 is 4.90 Å². The van der Waals surface area contributed by atoms with Crippen molar-refractivity contribution >= 4 is 5.91 Å². The topological polar surface area (TPSA) is 20.3 Å². The first-order chi connectivity index (χ1) is 5.00. The third kappa shape index (κ3) is 2.74. The molecule has 1 amide bonds. The minimum atomic E-state index is 0.0899. The molecule has 0 bridgehead atoms. The number of amides is 1. The number of hydrogen-bond donors (Lipinski definition) is 0. The van der Waals surface area contributed by atoms with Crippen molar-refractivity contribution in [2.75, 3.05) is 7.05 Å². The van der Waals surface area contributed by atoms with E-state index < -0.39 is 0 Å². The second-order valence-corrected chi connectivity index (χ2v) is 2.82. The van der Waals surface area contributed by atoms with E-state index in [0.29, 0.717) is 0 Å². The lowest BCUT2D eigenvalue weighted by Crippen LogP contribution is -2.34. The highest BCUT2D eigenvalue weighted by Gasteiger charge is 2.12. The third-order valence-electron chi connectivity index (χ3n) is 2.12. The van der Waals surface area contributed by atoms with Crippen molar-refractivity contribution in [3.63, 3.8) is 0 Å². The van der Waals surface area contributed by atoms with E-state index in [-0.39, 0.29) is 11.9 Å². The molecule has 0 aromatic rings. The van der Waals surface area contributed by atoms with Gasteiger partial charge in [0.05, 0.1) is 0 Å². The highest BCUT2D eigenvalue weighted by Crippen LogP contribution is 2.09. The summed E-state index contributed by atoms with van der Waals surface area (Å²) in [5.41, 5.74) is 1.10. The number of rotatable bonds is 3. The van der Waals surface area contributed by atoms with Crippen LogP contribution in [0.4, 0.5) is 0 Å². The predicted molar refractivity (Wildman–Crippen MR) is 47.3 cm³/mol. The zero-order chi connectivity index (χ0) is 9.02. The Balaban J connectivity index is 4.12. The van der Waals surface area contributed by atoms with Gasteiger partial charge in [0.2, 0.25) is 5.91 Å². The monoisotopic (exact) mass is 155 g/mol. The van der Waals surface area contributed by atoms with Crippen molar-refractivity contribution in [1.29, 1.82) is 0 Å². The first kappa shape index (κ1) is 10.2. The molecular weight excluding hydrogens is 138 g/mol. The smallest absolute Gasteiger partial charge is 0.219 e. The Morgan fingerprint density at radius 1 is 1.64 bits per heavy atom. The number of nitrogens with zero attached hydrogens (tertiary/aromatic N) is 1. The zero-order valence-corrected chi connectivity index (χ0v) is 7.85. The fraction of sp³-hybridized carbons (Fsp3) is 0.667. The van der Waals surface area contributed by atoms with E-state index in [4.69, 9.17) is 0 Å². The lowest BCUT2D eigenvalue weighted by atomic mass is 10.1. The fourth-order valence-corrected chi connectivity index (χ4v) is 0.842. The van der Waals surface area contributed by atoms with Crippen LogP contribution in [0.3, 0.4) is 0 Å². The average Bonchev–Trinajstić information content (AvgIpc) is 2.00. The van der Waals surface area contributed by atoms with Crippen LogP contribution in [-0.4, -0.2) is 23.9 Å². The van der Waals surface area contributed by atoms with E-state index in [9.17, 15) is 4.79 Å². The third-order valence-corrected chi connectivity index (χ3v) is 2.12. The molecule has 0 aliphatic rings. The van der Waals surface area contributed by atoms with Crippen molar-refractivity contribution in [3.05, 3.63) is 12.2 Å². The number of likely N-dealkylation sites (N-methyl/N-ethyl adjacent to an activating group) is 1. The quantitative estimate of drug-likeness (QED) is 0.569. The van der Waals surface area contributed by atoms with Crippen molar-refractivity contribution in [2.24, 2.45) is 0 Å². The molecule has 0 saturated carbocycles. The van der Waals surface area contributed by atoms with Gasteiger partial charge in [0.15, 0.2) is 0 Å². The highest BCUT2D eigenvalue weighted by molar-refractivity contribution is 5.73. The van der Waals surface area contributed by atoms with Gasteiger partial charge in [-0.05, 0) is 13.3 Å². The van der Waals surface area contributed by atoms with Crippen LogP contribution in [0.1, 0.15) is 27.2 Å². The van der Waals surface area contributed by atoms with E-state index in [1.165, 1.54) is 0 Å². The lowest BCUT2D eigenvalue weighted by molar-refractivity contribution is -0.128.